The molecular weight excluding hydrogens is 1440 g/mol. The van der Waals surface area contributed by atoms with Gasteiger partial charge in [0.05, 0.1) is 118 Å². The summed E-state index contributed by atoms with van der Waals surface area (Å²) in [4.78, 5) is 4.37. The highest BCUT2D eigenvalue weighted by molar-refractivity contribution is 6.20. The highest BCUT2D eigenvalue weighted by atomic mass is 15.2. The molecule has 6 heteroatoms. The lowest BCUT2D eigenvalue weighted by molar-refractivity contribution is 0.590. The standard InChI is InChI=1S/C113H94N6/c1-110(2,3)74-53-50-72(51-54-74)90-66-77(113(10,11)12)65-89(71-34-18-14-19-35-71)107(90)119-102-67-79(114-97-60-55-75(111(4,5)6)63-91(97)92-64-76(112(7,8)9)56-61-98(92)114)57-59-88(102)105-87-58-52-73(70-32-16-13-17-33-70)62-101(87)118(103-68-80(69-104(119)106(103)105)115-93-44-26-22-38-81(93)82-39-23-27-45-94(82)115)100-49-31-43-86-85-42-30-48-99(108(85)116(109(86)100)78-36-20-15-21-37-78)117-95-46-28-24-40-83(95)84-41-25-29-47-96(84)117/h13-69,105H,1-12H3/i13D,16D,17D,22D,23D,24D,25D,26D,27D,28D,29D,32D,33D,38D,39D,40D,41D,44D,45D,46D,47D. The maximum atomic E-state index is 10.4. The van der Waals surface area contributed by atoms with E-state index in [0.717, 1.165) is 77.6 Å². The van der Waals surface area contributed by atoms with Crippen LogP contribution in [0, 0.1) is 0 Å². The molecule has 1 unspecified atom stereocenters. The van der Waals surface area contributed by atoms with Crippen molar-refractivity contribution in [2.45, 2.75) is 111 Å². The van der Waals surface area contributed by atoms with Gasteiger partial charge in [-0.05, 0) is 192 Å². The molecule has 0 saturated carbocycles. The molecule has 576 valence electrons. The van der Waals surface area contributed by atoms with Gasteiger partial charge in [0.25, 0.3) is 0 Å². The van der Waals surface area contributed by atoms with Crippen molar-refractivity contribution in [2.75, 3.05) is 9.80 Å². The van der Waals surface area contributed by atoms with Gasteiger partial charge >= 0.3 is 0 Å². The normalized spacial score (nSPS) is 16.2. The number of hydrogen-bond acceptors (Lipinski definition) is 2. The van der Waals surface area contributed by atoms with Gasteiger partial charge in [-0.1, -0.05) is 313 Å². The number of fused-ring (bicyclic) bond motifs is 16. The van der Waals surface area contributed by atoms with Crippen LogP contribution in [-0.2, 0) is 21.7 Å². The van der Waals surface area contributed by atoms with E-state index in [4.69, 9.17) is 4.11 Å². The van der Waals surface area contributed by atoms with Gasteiger partial charge in [-0.25, -0.2) is 0 Å². The first-order valence-electron chi connectivity index (χ1n) is 51.0. The minimum atomic E-state index is -0.909. The Morgan fingerprint density at radius 3 is 1.21 bits per heavy atom. The Labute approximate surface area is 725 Å². The smallest absolute Gasteiger partial charge is 0.0783 e. The van der Waals surface area contributed by atoms with Gasteiger partial charge in [0.15, 0.2) is 0 Å². The van der Waals surface area contributed by atoms with E-state index in [2.05, 4.69) is 201 Å². The zero-order valence-electron chi connectivity index (χ0n) is 89.0. The third kappa shape index (κ3) is 11.2. The van der Waals surface area contributed by atoms with E-state index >= 15 is 0 Å². The Morgan fingerprint density at radius 2 is 0.672 bits per heavy atom. The van der Waals surface area contributed by atoms with Crippen LogP contribution in [0.25, 0.3) is 143 Å². The van der Waals surface area contributed by atoms with E-state index in [9.17, 15) is 24.7 Å². The highest BCUT2D eigenvalue weighted by Gasteiger charge is 2.45. The fraction of sp³-hybridized carbons (Fsp3) is 0.150. The summed E-state index contributed by atoms with van der Waals surface area (Å²) in [6.45, 7) is 26.4. The van der Waals surface area contributed by atoms with Gasteiger partial charge in [0.2, 0.25) is 0 Å². The molecule has 0 fully saturated rings. The van der Waals surface area contributed by atoms with E-state index in [1.165, 1.54) is 4.57 Å². The topological polar surface area (TPSA) is 26.2 Å². The van der Waals surface area contributed by atoms with Crippen LogP contribution >= 0.6 is 0 Å². The molecule has 0 N–H and O–H groups in total. The predicted octanol–water partition coefficient (Wildman–Crippen LogP) is 31.0. The number of benzene rings is 16. The Kier molecular flexibility index (Phi) is 11.7. The number of anilines is 6. The van der Waals surface area contributed by atoms with Crippen LogP contribution in [0.5, 0.6) is 0 Å². The molecule has 6 heterocycles. The maximum Gasteiger partial charge on any atom is 0.0783 e. The summed E-state index contributed by atoms with van der Waals surface area (Å²) in [5.74, 6) is -0.909. The Bertz CT molecular complexity index is 8670. The average molecular weight is 1560 g/mol. The van der Waals surface area contributed by atoms with Gasteiger partial charge in [0.1, 0.15) is 0 Å². The van der Waals surface area contributed by atoms with Crippen LogP contribution in [0.2, 0.25) is 0 Å². The van der Waals surface area contributed by atoms with Crippen molar-refractivity contribution in [1.82, 2.24) is 18.3 Å². The van der Waals surface area contributed by atoms with E-state index in [1.807, 2.05) is 102 Å². The minimum absolute atomic E-state index is 0.124. The molecule has 1 atom stereocenters. The number of hydrogen-bond donors (Lipinski definition) is 0. The molecular formula is C113H94N6. The van der Waals surface area contributed by atoms with Crippen molar-refractivity contribution in [1.29, 1.82) is 0 Å². The van der Waals surface area contributed by atoms with Crippen molar-refractivity contribution >= 4 is 121 Å². The Hall–Kier alpha value is -13.7. The van der Waals surface area contributed by atoms with E-state index < -0.39 is 138 Å². The molecule has 4 aromatic heterocycles. The van der Waals surface area contributed by atoms with Gasteiger partial charge < -0.3 is 28.1 Å². The van der Waals surface area contributed by atoms with Crippen LogP contribution < -0.4 is 9.80 Å². The molecule has 119 heavy (non-hydrogen) atoms. The highest BCUT2D eigenvalue weighted by Crippen LogP contribution is 2.65. The molecule has 22 rings (SSSR count). The third-order valence-electron chi connectivity index (χ3n) is 24.5. The second kappa shape index (κ2) is 26.4. The maximum absolute atomic E-state index is 10.4. The molecule has 0 spiro atoms. The molecule has 6 nitrogen and oxygen atoms in total. The largest absolute Gasteiger partial charge is 0.309 e. The molecule has 0 aliphatic carbocycles. The quantitative estimate of drug-likeness (QED) is 0.144. The van der Waals surface area contributed by atoms with Crippen molar-refractivity contribution in [3.63, 3.8) is 0 Å². The fourth-order valence-corrected chi connectivity index (χ4v) is 18.6. The van der Waals surface area contributed by atoms with Crippen LogP contribution in [0.15, 0.2) is 345 Å². The average Bonchev–Trinajstić information content (AvgIpc) is 0.991. The zero-order valence-corrected chi connectivity index (χ0v) is 68.0. The predicted molar refractivity (Wildman–Crippen MR) is 505 cm³/mol. The summed E-state index contributed by atoms with van der Waals surface area (Å²) in [5.41, 5.74) is 15.1. The first-order chi connectivity index (χ1) is 66.3. The van der Waals surface area contributed by atoms with Gasteiger partial charge in [-0.2, -0.15) is 0 Å². The van der Waals surface area contributed by atoms with Crippen LogP contribution in [0.4, 0.5) is 34.1 Å². The van der Waals surface area contributed by atoms with Crippen molar-refractivity contribution in [2.24, 2.45) is 0 Å². The SMILES string of the molecule is [2H]c1c([2H])c([2H])c(-c2ccc3c(c2)N(c2cccc4c5cccc(-n6c7c([2H])c([2H])c([2H])c([2H])c7c7c([2H])c([2H])c([2H])c([2H])c76)c5n(-c5ccccc5)c24)c2cc(-n4c5c([2H])c([2H])c([2H])c([2H])c5c5c([2H])c([2H])c([2H])c([2H])c54)cc4c2C3c2ccc(-n3c5ccc(C(C)(C)C)cc5c5cc(C(C)(C)C)ccc53)cc2N4c2c(-c3ccccc3)cc(C(C)(C)C)cc2-c2ccc(C(C)(C)C)cc2)c([2H])c1[2H]. The number of aromatic nitrogens is 4. The second-order valence-corrected chi connectivity index (χ2v) is 35.8. The summed E-state index contributed by atoms with van der Waals surface area (Å²) in [7, 11) is 0. The van der Waals surface area contributed by atoms with Gasteiger partial charge in [-0.15, -0.1) is 0 Å². The monoisotopic (exact) mass is 1560 g/mol. The van der Waals surface area contributed by atoms with Gasteiger partial charge in [-0.3, -0.25) is 0 Å². The van der Waals surface area contributed by atoms with Crippen LogP contribution in [-0.4, -0.2) is 18.3 Å². The lowest BCUT2D eigenvalue weighted by Crippen LogP contribution is -2.30. The second-order valence-electron chi connectivity index (χ2n) is 35.8. The molecule has 16 aromatic carbocycles. The first-order valence-corrected chi connectivity index (χ1v) is 40.5. The van der Waals surface area contributed by atoms with Gasteiger partial charge in [0, 0.05) is 77.1 Å². The summed E-state index contributed by atoms with van der Waals surface area (Å²) in [6.07, 6.45) is 0. The molecule has 0 saturated heterocycles. The van der Waals surface area contributed by atoms with Crippen molar-refractivity contribution in [3.8, 4) is 56.1 Å². The van der Waals surface area contributed by atoms with Crippen molar-refractivity contribution < 1.29 is 28.8 Å². The Morgan fingerprint density at radius 1 is 0.244 bits per heavy atom. The first kappa shape index (κ1) is 52.8. The number of para-hydroxylation sites is 7. The number of rotatable bonds is 9. The Balaban J connectivity index is 0.982. The minimum Gasteiger partial charge on any atom is -0.309 e. The third-order valence-corrected chi connectivity index (χ3v) is 24.5. The summed E-state index contributed by atoms with van der Waals surface area (Å²) < 4.78 is 210. The zero-order chi connectivity index (χ0) is 99.1. The molecule has 2 aliphatic heterocycles. The lowest BCUT2D eigenvalue weighted by Gasteiger charge is -2.46. The lowest BCUT2D eigenvalue weighted by atomic mass is 9.74. The number of nitrogens with zero attached hydrogens (tertiary/aromatic N) is 6. The van der Waals surface area contributed by atoms with E-state index in [0.29, 0.717) is 72.7 Å². The van der Waals surface area contributed by atoms with E-state index in [1.54, 1.807) is 22.8 Å². The van der Waals surface area contributed by atoms with Crippen molar-refractivity contribution in [3.05, 3.63) is 384 Å². The summed E-state index contributed by atoms with van der Waals surface area (Å²) in [5, 5.41) is 2.55. The molecule has 0 radical (unpaired) electrons. The summed E-state index contributed by atoms with van der Waals surface area (Å²) in [6, 6.07) is 61.4. The molecule has 0 bridgehead atoms. The van der Waals surface area contributed by atoms with Crippen LogP contribution in [0.1, 0.15) is 157 Å². The molecule has 2 aliphatic rings. The van der Waals surface area contributed by atoms with E-state index in [-0.39, 0.29) is 82.4 Å². The fourth-order valence-electron chi connectivity index (χ4n) is 18.6. The molecule has 20 aromatic rings. The summed E-state index contributed by atoms with van der Waals surface area (Å²) >= 11 is 0. The van der Waals surface area contributed by atoms with Crippen LogP contribution in [0.3, 0.4) is 0 Å². The molecule has 0 amide bonds.